The molecule has 5 heteroatoms. The van der Waals surface area contributed by atoms with E-state index in [2.05, 4.69) is 22.9 Å². The van der Waals surface area contributed by atoms with Crippen molar-refractivity contribution in [1.29, 1.82) is 0 Å². The summed E-state index contributed by atoms with van der Waals surface area (Å²) in [5.41, 5.74) is 7.01. The lowest BCUT2D eigenvalue weighted by molar-refractivity contribution is 0.0773. The fourth-order valence-electron chi connectivity index (χ4n) is 3.76. The third kappa shape index (κ3) is 2.42. The van der Waals surface area contributed by atoms with Gasteiger partial charge >= 0.3 is 0 Å². The first-order valence-corrected chi connectivity index (χ1v) is 8.30. The van der Waals surface area contributed by atoms with Crippen LogP contribution in [0, 0.1) is 11.8 Å². The van der Waals surface area contributed by atoms with E-state index in [1.807, 2.05) is 21.7 Å². The molecule has 0 radical (unpaired) electrons. The van der Waals surface area contributed by atoms with Gasteiger partial charge in [-0.25, -0.2) is 0 Å². The second-order valence-electron chi connectivity index (χ2n) is 6.06. The predicted octanol–water partition coefficient (Wildman–Crippen LogP) is 2.47. The van der Waals surface area contributed by atoms with Crippen molar-refractivity contribution in [2.75, 3.05) is 13.1 Å². The van der Waals surface area contributed by atoms with E-state index in [9.17, 15) is 4.79 Å². The molecule has 110 valence electrons. The number of rotatable bonds is 2. The molecule has 1 aliphatic carbocycles. The molecule has 0 spiro atoms. The zero-order valence-electron chi connectivity index (χ0n) is 11.9. The number of nitrogens with two attached hydrogens (primary N) is 1. The summed E-state index contributed by atoms with van der Waals surface area (Å²) in [6.45, 7) is 4.58. The van der Waals surface area contributed by atoms with Crippen LogP contribution in [0.3, 0.4) is 0 Å². The average Bonchev–Trinajstić information content (AvgIpc) is 3.02. The number of nitrogens with zero attached hydrogens (tertiary/aromatic N) is 2. The molecule has 1 saturated heterocycles. The topological polar surface area (TPSA) is 51.3 Å². The maximum absolute atomic E-state index is 12.7. The molecule has 1 amide bonds. The first-order valence-electron chi connectivity index (χ1n) is 7.50. The quantitative estimate of drug-likeness (QED) is 0.899. The number of aryl methyl sites for hydroxylation is 1. The third-order valence-corrected chi connectivity index (χ3v) is 5.30. The highest BCUT2D eigenvalue weighted by atomic mass is 79.9. The fraction of sp³-hybridized carbons (Fsp3) is 0.667. The SMILES string of the molecule is CCn1cc(Br)cc1C(=O)N1CC2CCCC(N)C2C1. The minimum Gasteiger partial charge on any atom is -0.343 e. The lowest BCUT2D eigenvalue weighted by Crippen LogP contribution is -2.38. The van der Waals surface area contributed by atoms with Crippen LogP contribution in [0.1, 0.15) is 36.7 Å². The van der Waals surface area contributed by atoms with Gasteiger partial charge in [-0.3, -0.25) is 4.79 Å². The van der Waals surface area contributed by atoms with Crippen molar-refractivity contribution < 1.29 is 4.79 Å². The summed E-state index contributed by atoms with van der Waals surface area (Å²) in [4.78, 5) is 14.7. The second kappa shape index (κ2) is 5.53. The molecule has 2 fully saturated rings. The normalized spacial score (nSPS) is 29.6. The molecule has 20 heavy (non-hydrogen) atoms. The number of carbonyl (C=O) groups excluding carboxylic acids is 1. The minimum absolute atomic E-state index is 0.152. The fourth-order valence-corrected chi connectivity index (χ4v) is 4.22. The van der Waals surface area contributed by atoms with E-state index < -0.39 is 0 Å². The molecule has 2 heterocycles. The van der Waals surface area contributed by atoms with Crippen molar-refractivity contribution in [2.24, 2.45) is 17.6 Å². The third-order valence-electron chi connectivity index (χ3n) is 4.86. The first-order chi connectivity index (χ1) is 9.60. The molecule has 1 saturated carbocycles. The Kier molecular flexibility index (Phi) is 3.91. The van der Waals surface area contributed by atoms with Gasteiger partial charge in [0.15, 0.2) is 0 Å². The van der Waals surface area contributed by atoms with Gasteiger partial charge in [-0.15, -0.1) is 0 Å². The molecule has 3 rings (SSSR count). The lowest BCUT2D eigenvalue weighted by Gasteiger charge is -2.29. The van der Waals surface area contributed by atoms with Crippen molar-refractivity contribution in [3.8, 4) is 0 Å². The van der Waals surface area contributed by atoms with Gasteiger partial charge < -0.3 is 15.2 Å². The zero-order valence-corrected chi connectivity index (χ0v) is 13.5. The zero-order chi connectivity index (χ0) is 14.3. The van der Waals surface area contributed by atoms with Crippen molar-refractivity contribution in [1.82, 2.24) is 9.47 Å². The molecule has 0 bridgehead atoms. The molecule has 1 aliphatic heterocycles. The van der Waals surface area contributed by atoms with Crippen molar-refractivity contribution >= 4 is 21.8 Å². The number of likely N-dealkylation sites (tertiary alicyclic amines) is 1. The van der Waals surface area contributed by atoms with Gasteiger partial charge in [-0.05, 0) is 53.6 Å². The molecule has 4 nitrogen and oxygen atoms in total. The van der Waals surface area contributed by atoms with Crippen molar-refractivity contribution in [3.63, 3.8) is 0 Å². The minimum atomic E-state index is 0.152. The summed E-state index contributed by atoms with van der Waals surface area (Å²) >= 11 is 3.46. The van der Waals surface area contributed by atoms with E-state index >= 15 is 0 Å². The number of halogens is 1. The Morgan fingerprint density at radius 2 is 2.25 bits per heavy atom. The number of hydrogen-bond acceptors (Lipinski definition) is 2. The van der Waals surface area contributed by atoms with Gasteiger partial charge in [0.2, 0.25) is 0 Å². The van der Waals surface area contributed by atoms with Gasteiger partial charge in [0.1, 0.15) is 5.69 Å². The highest BCUT2D eigenvalue weighted by molar-refractivity contribution is 9.10. The number of hydrogen-bond donors (Lipinski definition) is 1. The summed E-state index contributed by atoms with van der Waals surface area (Å²) in [6.07, 6.45) is 5.52. The Balaban J connectivity index is 1.78. The number of amides is 1. The second-order valence-corrected chi connectivity index (χ2v) is 6.97. The Labute approximate surface area is 128 Å². The monoisotopic (exact) mass is 339 g/mol. The maximum atomic E-state index is 12.7. The van der Waals surface area contributed by atoms with Crippen LogP contribution in [0.25, 0.3) is 0 Å². The van der Waals surface area contributed by atoms with E-state index in [0.717, 1.165) is 36.2 Å². The molecule has 1 aromatic rings. The standard InChI is InChI=1S/C15H22BrN3O/c1-2-18-8-11(16)6-14(18)15(20)19-7-10-4-3-5-13(17)12(10)9-19/h6,8,10,12-13H,2-5,7,9,17H2,1H3. The summed E-state index contributed by atoms with van der Waals surface area (Å²) in [6, 6.07) is 2.20. The highest BCUT2D eigenvalue weighted by Gasteiger charge is 2.40. The van der Waals surface area contributed by atoms with Crippen molar-refractivity contribution in [2.45, 2.75) is 38.8 Å². The van der Waals surface area contributed by atoms with Crippen LogP contribution < -0.4 is 5.73 Å². The van der Waals surface area contributed by atoms with E-state index in [0.29, 0.717) is 11.8 Å². The Morgan fingerprint density at radius 3 is 2.95 bits per heavy atom. The summed E-state index contributed by atoms with van der Waals surface area (Å²) < 4.78 is 2.98. The highest BCUT2D eigenvalue weighted by Crippen LogP contribution is 2.36. The molecule has 0 aromatic carbocycles. The number of carbonyl (C=O) groups is 1. The summed E-state index contributed by atoms with van der Waals surface area (Å²) in [5, 5.41) is 0. The number of fused-ring (bicyclic) bond motifs is 1. The smallest absolute Gasteiger partial charge is 0.270 e. The van der Waals surface area contributed by atoms with Gasteiger partial charge in [0.05, 0.1) is 0 Å². The molecule has 2 aliphatic rings. The Morgan fingerprint density at radius 1 is 1.45 bits per heavy atom. The van der Waals surface area contributed by atoms with Gasteiger partial charge in [-0.1, -0.05) is 6.42 Å². The van der Waals surface area contributed by atoms with Crippen LogP contribution in [0.4, 0.5) is 0 Å². The van der Waals surface area contributed by atoms with E-state index in [4.69, 9.17) is 5.73 Å². The van der Waals surface area contributed by atoms with Gasteiger partial charge in [0, 0.05) is 36.3 Å². The molecule has 2 N–H and O–H groups in total. The molecular weight excluding hydrogens is 318 g/mol. The predicted molar refractivity (Wildman–Crippen MR) is 82.5 cm³/mol. The number of aromatic nitrogens is 1. The average molecular weight is 340 g/mol. The molecule has 1 aromatic heterocycles. The van der Waals surface area contributed by atoms with Crippen LogP contribution >= 0.6 is 15.9 Å². The summed E-state index contributed by atoms with van der Waals surface area (Å²) in [7, 11) is 0. The maximum Gasteiger partial charge on any atom is 0.270 e. The van der Waals surface area contributed by atoms with Crippen LogP contribution in [-0.4, -0.2) is 34.5 Å². The molecule has 3 unspecified atom stereocenters. The van der Waals surface area contributed by atoms with E-state index in [-0.39, 0.29) is 11.9 Å². The van der Waals surface area contributed by atoms with Crippen LogP contribution in [-0.2, 0) is 6.54 Å². The van der Waals surface area contributed by atoms with Crippen LogP contribution in [0.15, 0.2) is 16.7 Å². The van der Waals surface area contributed by atoms with Crippen LogP contribution in [0.5, 0.6) is 0 Å². The first kappa shape index (κ1) is 14.1. The Hall–Kier alpha value is -0.810. The molecule has 3 atom stereocenters. The van der Waals surface area contributed by atoms with E-state index in [1.165, 1.54) is 12.8 Å². The Bertz CT molecular complexity index is 513. The van der Waals surface area contributed by atoms with Crippen LogP contribution in [0.2, 0.25) is 0 Å². The molecular formula is C15H22BrN3O. The largest absolute Gasteiger partial charge is 0.343 e. The van der Waals surface area contributed by atoms with Gasteiger partial charge in [-0.2, -0.15) is 0 Å². The van der Waals surface area contributed by atoms with E-state index in [1.54, 1.807) is 0 Å². The van der Waals surface area contributed by atoms with Gasteiger partial charge in [0.25, 0.3) is 5.91 Å². The lowest BCUT2D eigenvalue weighted by atomic mass is 9.78. The van der Waals surface area contributed by atoms with Crippen molar-refractivity contribution in [3.05, 3.63) is 22.4 Å². The summed E-state index contributed by atoms with van der Waals surface area (Å²) in [5.74, 6) is 1.26.